The van der Waals surface area contributed by atoms with Crippen LogP contribution in [0.3, 0.4) is 0 Å². The Hall–Kier alpha value is -3.55. The first-order chi connectivity index (χ1) is 12.0. The number of tetrazole rings is 1. The molecule has 0 spiro atoms. The summed E-state index contributed by atoms with van der Waals surface area (Å²) in [7, 11) is 0. The summed E-state index contributed by atoms with van der Waals surface area (Å²) in [5.41, 5.74) is 8.51. The summed E-state index contributed by atoms with van der Waals surface area (Å²) >= 11 is 0. The van der Waals surface area contributed by atoms with Gasteiger partial charge in [0.05, 0.1) is 5.69 Å². The van der Waals surface area contributed by atoms with Crippen molar-refractivity contribution in [3.63, 3.8) is 0 Å². The van der Waals surface area contributed by atoms with E-state index >= 15 is 0 Å². The maximum atomic E-state index is 10.6. The third-order valence-corrected chi connectivity index (χ3v) is 3.66. The first kappa shape index (κ1) is 16.3. The molecule has 3 rings (SSSR count). The van der Waals surface area contributed by atoms with Gasteiger partial charge in [-0.25, -0.2) is 0 Å². The van der Waals surface area contributed by atoms with Gasteiger partial charge in [-0.1, -0.05) is 36.4 Å². The lowest BCUT2D eigenvalue weighted by atomic mass is 10.1. The van der Waals surface area contributed by atoms with Gasteiger partial charge in [0, 0.05) is 17.5 Å². The Balaban J connectivity index is 1.76. The number of aliphatic carboxylic acids is 1. The maximum absolute atomic E-state index is 10.6. The summed E-state index contributed by atoms with van der Waals surface area (Å²) in [5.74, 6) is -0.348. The van der Waals surface area contributed by atoms with Crippen LogP contribution in [0, 0.1) is 5.41 Å². The molecule has 0 amide bonds. The van der Waals surface area contributed by atoms with E-state index in [1.165, 1.54) is 4.80 Å². The number of carbonyl (C=O) groups is 1. The molecular formula is C17H16N6O2. The number of carboxylic acid groups (broad SMARTS) is 1. The molecule has 0 atom stereocenters. The third-order valence-electron chi connectivity index (χ3n) is 3.66. The molecule has 1 aromatic heterocycles. The number of nitrogens with one attached hydrogen (secondary N) is 1. The SMILES string of the molecule is N=C(N)c1ccc(-c2nnn(-c3ccc(CCC(=O)O)cc3)n2)cc1. The van der Waals surface area contributed by atoms with Crippen LogP contribution in [0.25, 0.3) is 17.1 Å². The average Bonchev–Trinajstić information content (AvgIpc) is 3.10. The van der Waals surface area contributed by atoms with Gasteiger partial charge in [0.15, 0.2) is 0 Å². The number of hydrogen-bond acceptors (Lipinski definition) is 5. The average molecular weight is 336 g/mol. The first-order valence-electron chi connectivity index (χ1n) is 7.59. The van der Waals surface area contributed by atoms with Crippen LogP contribution >= 0.6 is 0 Å². The molecule has 1 heterocycles. The van der Waals surface area contributed by atoms with Crippen molar-refractivity contribution in [1.82, 2.24) is 20.2 Å². The van der Waals surface area contributed by atoms with Crippen LogP contribution in [0.4, 0.5) is 0 Å². The summed E-state index contributed by atoms with van der Waals surface area (Å²) in [6, 6.07) is 14.4. The molecule has 8 heteroatoms. The van der Waals surface area contributed by atoms with Crippen molar-refractivity contribution < 1.29 is 9.90 Å². The van der Waals surface area contributed by atoms with Gasteiger partial charge in [-0.05, 0) is 29.3 Å². The van der Waals surface area contributed by atoms with Gasteiger partial charge >= 0.3 is 5.97 Å². The maximum Gasteiger partial charge on any atom is 0.303 e. The molecule has 0 saturated heterocycles. The van der Waals surface area contributed by atoms with Gasteiger partial charge < -0.3 is 10.8 Å². The van der Waals surface area contributed by atoms with Crippen molar-refractivity contribution in [2.45, 2.75) is 12.8 Å². The number of carboxylic acids is 1. The fourth-order valence-corrected chi connectivity index (χ4v) is 2.29. The molecule has 126 valence electrons. The normalized spacial score (nSPS) is 10.6. The van der Waals surface area contributed by atoms with Crippen molar-refractivity contribution in [3.05, 3.63) is 59.7 Å². The van der Waals surface area contributed by atoms with Gasteiger partial charge in [0.1, 0.15) is 5.84 Å². The van der Waals surface area contributed by atoms with Crippen molar-refractivity contribution in [2.24, 2.45) is 5.73 Å². The monoisotopic (exact) mass is 336 g/mol. The van der Waals surface area contributed by atoms with Gasteiger partial charge in [-0.2, -0.15) is 0 Å². The number of rotatable bonds is 6. The lowest BCUT2D eigenvalue weighted by molar-refractivity contribution is -0.136. The number of nitrogens with zero attached hydrogens (tertiary/aromatic N) is 4. The smallest absolute Gasteiger partial charge is 0.303 e. The van der Waals surface area contributed by atoms with E-state index in [0.29, 0.717) is 17.8 Å². The lowest BCUT2D eigenvalue weighted by Gasteiger charge is -2.01. The van der Waals surface area contributed by atoms with Crippen LogP contribution in [0.5, 0.6) is 0 Å². The number of aromatic nitrogens is 4. The van der Waals surface area contributed by atoms with Crippen LogP contribution < -0.4 is 5.73 Å². The summed E-state index contributed by atoms with van der Waals surface area (Å²) in [6.45, 7) is 0. The van der Waals surface area contributed by atoms with Crippen LogP contribution in [-0.2, 0) is 11.2 Å². The second-order valence-corrected chi connectivity index (χ2v) is 5.45. The van der Waals surface area contributed by atoms with E-state index in [2.05, 4.69) is 15.4 Å². The van der Waals surface area contributed by atoms with E-state index in [1.54, 1.807) is 24.3 Å². The first-order valence-corrected chi connectivity index (χ1v) is 7.59. The Kier molecular flexibility index (Phi) is 4.51. The minimum atomic E-state index is -0.817. The molecule has 0 unspecified atom stereocenters. The fourth-order valence-electron chi connectivity index (χ4n) is 2.29. The number of benzene rings is 2. The topological polar surface area (TPSA) is 131 Å². The minimum Gasteiger partial charge on any atom is -0.481 e. The van der Waals surface area contributed by atoms with Crippen LogP contribution in [-0.4, -0.2) is 37.1 Å². The molecular weight excluding hydrogens is 320 g/mol. The highest BCUT2D eigenvalue weighted by molar-refractivity contribution is 5.95. The van der Waals surface area contributed by atoms with E-state index in [4.69, 9.17) is 16.2 Å². The molecule has 0 aliphatic carbocycles. The van der Waals surface area contributed by atoms with E-state index in [-0.39, 0.29) is 12.3 Å². The Morgan fingerprint density at radius 2 is 1.80 bits per heavy atom. The molecule has 0 fully saturated rings. The molecule has 4 N–H and O–H groups in total. The molecule has 0 aliphatic rings. The molecule has 2 aromatic carbocycles. The molecule has 8 nitrogen and oxygen atoms in total. The Morgan fingerprint density at radius 3 is 2.40 bits per heavy atom. The molecule has 0 radical (unpaired) electrons. The van der Waals surface area contributed by atoms with Crippen molar-refractivity contribution >= 4 is 11.8 Å². The predicted molar refractivity (Wildman–Crippen MR) is 91.6 cm³/mol. The van der Waals surface area contributed by atoms with Crippen LogP contribution in [0.1, 0.15) is 17.5 Å². The molecule has 0 bridgehead atoms. The van der Waals surface area contributed by atoms with Crippen LogP contribution in [0.2, 0.25) is 0 Å². The second kappa shape index (κ2) is 6.91. The van der Waals surface area contributed by atoms with E-state index in [0.717, 1.165) is 16.8 Å². The third kappa shape index (κ3) is 3.86. The standard InChI is InChI=1S/C17H16N6O2/c18-16(19)12-4-6-13(7-5-12)17-20-22-23(21-17)14-8-1-11(2-9-14)3-10-15(24)25/h1-2,4-9H,3,10H2,(H3,18,19)(H,24,25). The van der Waals surface area contributed by atoms with Crippen molar-refractivity contribution in [2.75, 3.05) is 0 Å². The van der Waals surface area contributed by atoms with Crippen LogP contribution in [0.15, 0.2) is 48.5 Å². The van der Waals surface area contributed by atoms with E-state index in [1.807, 2.05) is 24.3 Å². The Morgan fingerprint density at radius 1 is 1.12 bits per heavy atom. The fraction of sp³-hybridized carbons (Fsp3) is 0.118. The number of nitrogens with two attached hydrogens (primary N) is 1. The number of aryl methyl sites for hydroxylation is 1. The highest BCUT2D eigenvalue weighted by Gasteiger charge is 2.08. The van der Waals surface area contributed by atoms with E-state index < -0.39 is 5.97 Å². The largest absolute Gasteiger partial charge is 0.481 e. The zero-order valence-corrected chi connectivity index (χ0v) is 13.3. The Bertz CT molecular complexity index is 900. The molecule has 0 saturated carbocycles. The Labute approximate surface area is 143 Å². The number of hydrogen-bond donors (Lipinski definition) is 3. The molecule has 25 heavy (non-hydrogen) atoms. The zero-order chi connectivity index (χ0) is 17.8. The van der Waals surface area contributed by atoms with Gasteiger partial charge in [0.25, 0.3) is 0 Å². The zero-order valence-electron chi connectivity index (χ0n) is 13.3. The number of nitrogen functional groups attached to an aromatic ring is 1. The highest BCUT2D eigenvalue weighted by Crippen LogP contribution is 2.16. The quantitative estimate of drug-likeness (QED) is 0.463. The highest BCUT2D eigenvalue weighted by atomic mass is 16.4. The summed E-state index contributed by atoms with van der Waals surface area (Å²) in [6.07, 6.45) is 0.579. The summed E-state index contributed by atoms with van der Waals surface area (Å²) in [5, 5.41) is 28.5. The summed E-state index contributed by atoms with van der Waals surface area (Å²) in [4.78, 5) is 12.0. The summed E-state index contributed by atoms with van der Waals surface area (Å²) < 4.78 is 0. The van der Waals surface area contributed by atoms with Crippen molar-refractivity contribution in [3.8, 4) is 17.1 Å². The van der Waals surface area contributed by atoms with Gasteiger partial charge in [0.2, 0.25) is 5.82 Å². The van der Waals surface area contributed by atoms with Gasteiger partial charge in [-0.15, -0.1) is 15.0 Å². The number of amidine groups is 1. The molecule has 0 aliphatic heterocycles. The predicted octanol–water partition coefficient (Wildman–Crippen LogP) is 1.63. The van der Waals surface area contributed by atoms with E-state index in [9.17, 15) is 4.79 Å². The van der Waals surface area contributed by atoms with Crippen molar-refractivity contribution in [1.29, 1.82) is 5.41 Å². The minimum absolute atomic E-state index is 0.00570. The lowest BCUT2D eigenvalue weighted by Crippen LogP contribution is -2.10. The molecule has 3 aromatic rings. The second-order valence-electron chi connectivity index (χ2n) is 5.45. The van der Waals surface area contributed by atoms with Gasteiger partial charge in [-0.3, -0.25) is 10.2 Å².